The second kappa shape index (κ2) is 7.08. The molecule has 2 heteroatoms. The van der Waals surface area contributed by atoms with Crippen molar-refractivity contribution in [2.24, 2.45) is 16.7 Å². The Hall–Kier alpha value is -0.0800. The van der Waals surface area contributed by atoms with E-state index in [4.69, 9.17) is 0 Å². The number of rotatable bonds is 6. The van der Waals surface area contributed by atoms with Crippen LogP contribution in [-0.2, 0) is 0 Å². The lowest BCUT2D eigenvalue weighted by Crippen LogP contribution is -2.46. The van der Waals surface area contributed by atoms with Gasteiger partial charge in [-0.05, 0) is 43.2 Å². The summed E-state index contributed by atoms with van der Waals surface area (Å²) in [7, 11) is 2.30. The minimum absolute atomic E-state index is 0.399. The topological polar surface area (TPSA) is 15.3 Å². The summed E-state index contributed by atoms with van der Waals surface area (Å²) in [6, 6.07) is 0. The van der Waals surface area contributed by atoms with Crippen molar-refractivity contribution in [2.45, 2.75) is 60.3 Å². The third-order valence-corrected chi connectivity index (χ3v) is 4.43. The van der Waals surface area contributed by atoms with Crippen LogP contribution in [0.25, 0.3) is 0 Å². The van der Waals surface area contributed by atoms with Gasteiger partial charge in [-0.3, -0.25) is 0 Å². The summed E-state index contributed by atoms with van der Waals surface area (Å²) >= 11 is 0. The van der Waals surface area contributed by atoms with E-state index in [-0.39, 0.29) is 0 Å². The van der Waals surface area contributed by atoms with Crippen molar-refractivity contribution in [2.75, 3.05) is 33.2 Å². The van der Waals surface area contributed by atoms with Gasteiger partial charge in [0.05, 0.1) is 0 Å². The molecular formula is C17H36N2. The molecular weight excluding hydrogens is 232 g/mol. The first-order chi connectivity index (χ1) is 8.76. The van der Waals surface area contributed by atoms with Crippen LogP contribution in [0.1, 0.15) is 60.3 Å². The highest BCUT2D eigenvalue weighted by molar-refractivity contribution is 4.89. The van der Waals surface area contributed by atoms with Gasteiger partial charge in [0.15, 0.2) is 0 Å². The van der Waals surface area contributed by atoms with E-state index in [0.29, 0.717) is 10.8 Å². The number of nitrogens with zero attached hydrogens (tertiary/aromatic N) is 1. The van der Waals surface area contributed by atoms with Gasteiger partial charge in [-0.1, -0.05) is 47.5 Å². The van der Waals surface area contributed by atoms with Gasteiger partial charge in [0, 0.05) is 19.6 Å². The second-order valence-electron chi connectivity index (χ2n) is 8.20. The second-order valence-corrected chi connectivity index (χ2v) is 8.20. The van der Waals surface area contributed by atoms with E-state index in [2.05, 4.69) is 51.9 Å². The maximum absolute atomic E-state index is 3.62. The third-order valence-electron chi connectivity index (χ3n) is 4.43. The van der Waals surface area contributed by atoms with Gasteiger partial charge in [0.2, 0.25) is 0 Å². The van der Waals surface area contributed by atoms with Crippen LogP contribution in [0.2, 0.25) is 0 Å². The van der Waals surface area contributed by atoms with Crippen LogP contribution in [0.5, 0.6) is 0 Å². The van der Waals surface area contributed by atoms with E-state index in [1.165, 1.54) is 45.3 Å². The Bertz CT molecular complexity index is 241. The summed E-state index contributed by atoms with van der Waals surface area (Å²) in [6.45, 7) is 16.4. The van der Waals surface area contributed by atoms with E-state index in [1.54, 1.807) is 0 Å². The Kier molecular flexibility index (Phi) is 6.32. The fraction of sp³-hybridized carbons (Fsp3) is 1.00. The number of hydrogen-bond acceptors (Lipinski definition) is 2. The van der Waals surface area contributed by atoms with E-state index >= 15 is 0 Å². The van der Waals surface area contributed by atoms with Crippen molar-refractivity contribution in [1.82, 2.24) is 10.2 Å². The Morgan fingerprint density at radius 2 is 1.79 bits per heavy atom. The van der Waals surface area contributed by atoms with Gasteiger partial charge in [0.1, 0.15) is 0 Å². The molecule has 0 aromatic heterocycles. The lowest BCUT2D eigenvalue weighted by molar-refractivity contribution is 0.0835. The predicted octanol–water partition coefficient (Wildman–Crippen LogP) is 3.77. The molecule has 0 unspecified atom stereocenters. The van der Waals surface area contributed by atoms with Gasteiger partial charge in [0.25, 0.3) is 0 Å². The van der Waals surface area contributed by atoms with Crippen molar-refractivity contribution < 1.29 is 0 Å². The molecule has 1 aliphatic rings. The normalized spacial score (nSPS) is 28.9. The zero-order valence-electron chi connectivity index (χ0n) is 14.2. The molecule has 1 saturated carbocycles. The van der Waals surface area contributed by atoms with Gasteiger partial charge < -0.3 is 10.2 Å². The van der Waals surface area contributed by atoms with E-state index < -0.39 is 0 Å². The van der Waals surface area contributed by atoms with Crippen molar-refractivity contribution in [3.63, 3.8) is 0 Å². The van der Waals surface area contributed by atoms with Crippen LogP contribution in [0.4, 0.5) is 0 Å². The van der Waals surface area contributed by atoms with E-state index in [0.717, 1.165) is 12.5 Å². The number of hydrogen-bond donors (Lipinski definition) is 1. The van der Waals surface area contributed by atoms with Crippen LogP contribution >= 0.6 is 0 Å². The zero-order chi connectivity index (χ0) is 14.5. The van der Waals surface area contributed by atoms with Crippen LogP contribution in [0.15, 0.2) is 0 Å². The fourth-order valence-electron chi connectivity index (χ4n) is 3.59. The Morgan fingerprint density at radius 3 is 2.26 bits per heavy atom. The highest BCUT2D eigenvalue weighted by atomic mass is 15.1. The molecule has 1 fully saturated rings. The molecule has 2 nitrogen and oxygen atoms in total. The average molecular weight is 268 g/mol. The van der Waals surface area contributed by atoms with Crippen molar-refractivity contribution in [1.29, 1.82) is 0 Å². The molecule has 0 bridgehead atoms. The summed E-state index contributed by atoms with van der Waals surface area (Å²) in [5, 5.41) is 3.62. The van der Waals surface area contributed by atoms with Crippen molar-refractivity contribution >= 4 is 0 Å². The third kappa shape index (κ3) is 6.27. The van der Waals surface area contributed by atoms with Gasteiger partial charge in [-0.15, -0.1) is 0 Å². The highest BCUT2D eigenvalue weighted by Gasteiger charge is 2.35. The van der Waals surface area contributed by atoms with Crippen LogP contribution in [0.3, 0.4) is 0 Å². The Morgan fingerprint density at radius 1 is 1.21 bits per heavy atom. The summed E-state index contributed by atoms with van der Waals surface area (Å²) in [5.74, 6) is 0.933. The maximum atomic E-state index is 3.62. The van der Waals surface area contributed by atoms with Crippen molar-refractivity contribution in [3.8, 4) is 0 Å². The Labute approximate surface area is 121 Å². The molecule has 114 valence electrons. The molecule has 0 saturated heterocycles. The molecule has 19 heavy (non-hydrogen) atoms. The standard InChI is InChI=1S/C17H36N2/c1-7-18-12-17(10-8-15(2)9-11-17)14-19(6)13-16(3,4)5/h15,18H,7-14H2,1-6H3. The minimum atomic E-state index is 0.399. The molecule has 0 aromatic carbocycles. The molecule has 0 aliphatic heterocycles. The molecule has 0 heterocycles. The SMILES string of the molecule is CCNCC1(CN(C)CC(C)(C)C)CCC(C)CC1. The van der Waals surface area contributed by atoms with Crippen molar-refractivity contribution in [3.05, 3.63) is 0 Å². The molecule has 0 radical (unpaired) electrons. The lowest BCUT2D eigenvalue weighted by atomic mass is 9.70. The first-order valence-electron chi connectivity index (χ1n) is 8.16. The first kappa shape index (κ1) is 17.0. The predicted molar refractivity (Wildman–Crippen MR) is 85.6 cm³/mol. The quantitative estimate of drug-likeness (QED) is 0.789. The monoisotopic (exact) mass is 268 g/mol. The largest absolute Gasteiger partial charge is 0.316 e. The van der Waals surface area contributed by atoms with Crippen LogP contribution in [0, 0.1) is 16.7 Å². The molecule has 0 spiro atoms. The van der Waals surface area contributed by atoms with Crippen LogP contribution in [-0.4, -0.2) is 38.1 Å². The summed E-state index contributed by atoms with van der Waals surface area (Å²) in [4.78, 5) is 2.56. The first-order valence-corrected chi connectivity index (χ1v) is 8.16. The van der Waals surface area contributed by atoms with Gasteiger partial charge in [-0.25, -0.2) is 0 Å². The average Bonchev–Trinajstić information content (AvgIpc) is 2.28. The zero-order valence-corrected chi connectivity index (χ0v) is 14.2. The summed E-state index contributed by atoms with van der Waals surface area (Å²) < 4.78 is 0. The molecule has 1 aliphatic carbocycles. The summed E-state index contributed by atoms with van der Waals surface area (Å²) in [6.07, 6.45) is 5.62. The molecule has 0 aromatic rings. The van der Waals surface area contributed by atoms with Gasteiger partial charge >= 0.3 is 0 Å². The molecule has 0 amide bonds. The van der Waals surface area contributed by atoms with E-state index in [1.807, 2.05) is 0 Å². The Balaban J connectivity index is 2.58. The lowest BCUT2D eigenvalue weighted by Gasteiger charge is -2.43. The molecule has 1 N–H and O–H groups in total. The van der Waals surface area contributed by atoms with E-state index in [9.17, 15) is 0 Å². The molecule has 0 atom stereocenters. The summed E-state index contributed by atoms with van der Waals surface area (Å²) in [5.41, 5.74) is 0.915. The smallest absolute Gasteiger partial charge is 0.00473 e. The minimum Gasteiger partial charge on any atom is -0.316 e. The highest BCUT2D eigenvalue weighted by Crippen LogP contribution is 2.39. The molecule has 1 rings (SSSR count). The van der Waals surface area contributed by atoms with Crippen LogP contribution < -0.4 is 5.32 Å². The fourth-order valence-corrected chi connectivity index (χ4v) is 3.59. The number of nitrogens with one attached hydrogen (secondary N) is 1. The van der Waals surface area contributed by atoms with Gasteiger partial charge in [-0.2, -0.15) is 0 Å². The maximum Gasteiger partial charge on any atom is 0.00473 e.